The van der Waals surface area contributed by atoms with Crippen LogP contribution in [0.5, 0.6) is 0 Å². The zero-order valence-electron chi connectivity index (χ0n) is 14.3. The molecular weight excluding hydrogens is 346 g/mol. The Labute approximate surface area is 153 Å². The van der Waals surface area contributed by atoms with Crippen LogP contribution in [0.1, 0.15) is 18.2 Å². The molecule has 1 atom stereocenters. The summed E-state index contributed by atoms with van der Waals surface area (Å²) in [6.07, 6.45) is 1.61. The Morgan fingerprint density at radius 2 is 2.19 bits per heavy atom. The number of nitrogen functional groups attached to an aromatic ring is 1. The molecule has 1 aliphatic rings. The quantitative estimate of drug-likeness (QED) is 0.432. The van der Waals surface area contributed by atoms with E-state index in [0.717, 1.165) is 39.9 Å². The summed E-state index contributed by atoms with van der Waals surface area (Å²) in [5, 5.41) is 17.1. The van der Waals surface area contributed by atoms with Crippen molar-refractivity contribution in [2.75, 3.05) is 18.8 Å². The van der Waals surface area contributed by atoms with E-state index in [0.29, 0.717) is 24.4 Å². The first-order chi connectivity index (χ1) is 13.1. The number of aromatic nitrogens is 5. The average Bonchev–Trinajstić information content (AvgIpc) is 3.40. The van der Waals surface area contributed by atoms with Crippen molar-refractivity contribution in [2.24, 2.45) is 0 Å². The zero-order chi connectivity index (χ0) is 18.5. The number of fused-ring (bicyclic) bond motifs is 3. The summed E-state index contributed by atoms with van der Waals surface area (Å²) in [5.74, 6) is 1.17. The predicted octanol–water partition coefficient (Wildman–Crippen LogP) is 2.55. The Hall–Kier alpha value is -3.62. The van der Waals surface area contributed by atoms with E-state index in [9.17, 15) is 4.79 Å². The van der Waals surface area contributed by atoms with E-state index < -0.39 is 6.09 Å². The SMILES string of the molecule is Nc1nc2cc(-c3cc[nH]n3)ccc2c2nc(C3CCN(C(=O)O)C3)[nH]c12. The molecule has 1 fully saturated rings. The Balaban J connectivity index is 1.61. The third-order valence-electron chi connectivity index (χ3n) is 5.11. The largest absolute Gasteiger partial charge is 0.465 e. The van der Waals surface area contributed by atoms with E-state index in [1.54, 1.807) is 6.20 Å². The van der Waals surface area contributed by atoms with E-state index in [4.69, 9.17) is 15.8 Å². The van der Waals surface area contributed by atoms with Gasteiger partial charge < -0.3 is 20.7 Å². The zero-order valence-corrected chi connectivity index (χ0v) is 14.3. The maximum absolute atomic E-state index is 11.2. The van der Waals surface area contributed by atoms with Crippen molar-refractivity contribution < 1.29 is 9.90 Å². The molecule has 1 amide bonds. The topological polar surface area (TPSA) is 137 Å². The standard InChI is InChI=1S/C18H17N7O2/c19-16-15-14(22-17(23-15)10-4-6-25(8-10)18(26)27)11-2-1-9(7-13(11)21-16)12-3-5-20-24-12/h1-3,5,7,10H,4,6,8H2,(H2,19,21)(H,20,24)(H,22,23)(H,26,27). The molecule has 9 heteroatoms. The van der Waals surface area contributed by atoms with Gasteiger partial charge in [0, 0.05) is 36.2 Å². The summed E-state index contributed by atoms with van der Waals surface area (Å²) >= 11 is 0. The van der Waals surface area contributed by atoms with E-state index in [2.05, 4.69) is 20.2 Å². The number of nitrogens with zero attached hydrogens (tertiary/aromatic N) is 4. The minimum absolute atomic E-state index is 0.0336. The van der Waals surface area contributed by atoms with Crippen molar-refractivity contribution in [2.45, 2.75) is 12.3 Å². The number of nitrogens with one attached hydrogen (secondary N) is 2. The van der Waals surface area contributed by atoms with Crippen molar-refractivity contribution in [1.82, 2.24) is 30.0 Å². The number of rotatable bonds is 2. The van der Waals surface area contributed by atoms with Crippen LogP contribution in [0.2, 0.25) is 0 Å². The lowest BCUT2D eigenvalue weighted by Gasteiger charge is -2.10. The molecule has 4 aromatic rings. The number of hydrogen-bond donors (Lipinski definition) is 4. The first-order valence-electron chi connectivity index (χ1n) is 8.67. The van der Waals surface area contributed by atoms with Gasteiger partial charge in [-0.2, -0.15) is 5.10 Å². The average molecular weight is 363 g/mol. The number of amides is 1. The Morgan fingerprint density at radius 3 is 2.93 bits per heavy atom. The lowest BCUT2D eigenvalue weighted by atomic mass is 10.1. The number of hydrogen-bond acceptors (Lipinski definition) is 5. The van der Waals surface area contributed by atoms with Crippen molar-refractivity contribution >= 4 is 33.8 Å². The van der Waals surface area contributed by atoms with Crippen molar-refractivity contribution in [1.29, 1.82) is 0 Å². The van der Waals surface area contributed by atoms with E-state index >= 15 is 0 Å². The van der Waals surface area contributed by atoms with Crippen LogP contribution < -0.4 is 5.73 Å². The van der Waals surface area contributed by atoms with Gasteiger partial charge >= 0.3 is 6.09 Å². The monoisotopic (exact) mass is 363 g/mol. The molecule has 0 bridgehead atoms. The number of H-pyrrole nitrogens is 2. The van der Waals surface area contributed by atoms with E-state index in [1.807, 2.05) is 24.3 Å². The van der Waals surface area contributed by atoms with Gasteiger partial charge in [0.05, 0.1) is 11.2 Å². The molecule has 9 nitrogen and oxygen atoms in total. The fourth-order valence-electron chi connectivity index (χ4n) is 3.71. The van der Waals surface area contributed by atoms with Crippen LogP contribution in [0.25, 0.3) is 33.2 Å². The van der Waals surface area contributed by atoms with Gasteiger partial charge in [-0.3, -0.25) is 5.10 Å². The van der Waals surface area contributed by atoms with Crippen LogP contribution in [0.4, 0.5) is 10.6 Å². The number of pyridine rings is 1. The summed E-state index contributed by atoms with van der Waals surface area (Å²) in [7, 11) is 0. The molecule has 0 spiro atoms. The van der Waals surface area contributed by atoms with Crippen molar-refractivity contribution in [3.05, 3.63) is 36.3 Å². The predicted molar refractivity (Wildman–Crippen MR) is 100 cm³/mol. The van der Waals surface area contributed by atoms with Crippen LogP contribution in [0.15, 0.2) is 30.5 Å². The number of nitrogens with two attached hydrogens (primary N) is 1. The van der Waals surface area contributed by atoms with Gasteiger partial charge in [-0.25, -0.2) is 14.8 Å². The Kier molecular flexibility index (Phi) is 3.30. The van der Waals surface area contributed by atoms with Crippen LogP contribution >= 0.6 is 0 Å². The van der Waals surface area contributed by atoms with Gasteiger partial charge in [-0.05, 0) is 24.6 Å². The van der Waals surface area contributed by atoms with Crippen LogP contribution in [0.3, 0.4) is 0 Å². The molecule has 1 aliphatic heterocycles. The van der Waals surface area contributed by atoms with Crippen molar-refractivity contribution in [3.63, 3.8) is 0 Å². The fourth-order valence-corrected chi connectivity index (χ4v) is 3.71. The number of anilines is 1. The van der Waals surface area contributed by atoms with Gasteiger partial charge in [0.15, 0.2) is 0 Å². The summed E-state index contributed by atoms with van der Waals surface area (Å²) < 4.78 is 0. The van der Waals surface area contributed by atoms with Gasteiger partial charge in [-0.15, -0.1) is 0 Å². The highest BCUT2D eigenvalue weighted by molar-refractivity contribution is 6.07. The molecule has 5 N–H and O–H groups in total. The van der Waals surface area contributed by atoms with E-state index in [1.165, 1.54) is 4.90 Å². The molecular formula is C18H17N7O2. The summed E-state index contributed by atoms with van der Waals surface area (Å²) in [4.78, 5) is 25.1. The number of carboxylic acid groups (broad SMARTS) is 1. The van der Waals surface area contributed by atoms with Crippen LogP contribution in [0, 0.1) is 0 Å². The number of benzene rings is 1. The maximum atomic E-state index is 11.2. The molecule has 3 aromatic heterocycles. The normalized spacial score (nSPS) is 17.2. The second kappa shape index (κ2) is 5.70. The van der Waals surface area contributed by atoms with Gasteiger partial charge in [-0.1, -0.05) is 6.07 Å². The number of aromatic amines is 2. The second-order valence-corrected chi connectivity index (χ2v) is 6.75. The first-order valence-corrected chi connectivity index (χ1v) is 8.67. The second-order valence-electron chi connectivity index (χ2n) is 6.75. The van der Waals surface area contributed by atoms with Crippen molar-refractivity contribution in [3.8, 4) is 11.3 Å². The van der Waals surface area contributed by atoms with Crippen LogP contribution in [-0.4, -0.2) is 54.3 Å². The molecule has 1 saturated heterocycles. The van der Waals surface area contributed by atoms with Gasteiger partial charge in [0.25, 0.3) is 0 Å². The summed E-state index contributed by atoms with van der Waals surface area (Å²) in [6, 6.07) is 7.78. The highest BCUT2D eigenvalue weighted by Crippen LogP contribution is 2.32. The van der Waals surface area contributed by atoms with Gasteiger partial charge in [0.2, 0.25) is 0 Å². The Bertz CT molecular complexity index is 1170. The maximum Gasteiger partial charge on any atom is 0.407 e. The molecule has 27 heavy (non-hydrogen) atoms. The third-order valence-corrected chi connectivity index (χ3v) is 5.11. The lowest BCUT2D eigenvalue weighted by Crippen LogP contribution is -2.26. The molecule has 0 aliphatic carbocycles. The molecule has 0 radical (unpaired) electrons. The minimum Gasteiger partial charge on any atom is -0.465 e. The molecule has 4 heterocycles. The molecule has 136 valence electrons. The fraction of sp³-hybridized carbons (Fsp3) is 0.222. The molecule has 1 unspecified atom stereocenters. The van der Waals surface area contributed by atoms with E-state index in [-0.39, 0.29) is 5.92 Å². The number of imidazole rings is 1. The minimum atomic E-state index is -0.897. The number of likely N-dealkylation sites (tertiary alicyclic amines) is 1. The van der Waals surface area contributed by atoms with Gasteiger partial charge in [0.1, 0.15) is 22.7 Å². The Morgan fingerprint density at radius 1 is 1.30 bits per heavy atom. The molecule has 0 saturated carbocycles. The molecule has 5 rings (SSSR count). The first kappa shape index (κ1) is 15.6. The third kappa shape index (κ3) is 2.47. The summed E-state index contributed by atoms with van der Waals surface area (Å²) in [5.41, 5.74) is 10.1. The smallest absolute Gasteiger partial charge is 0.407 e. The highest BCUT2D eigenvalue weighted by atomic mass is 16.4. The summed E-state index contributed by atoms with van der Waals surface area (Å²) in [6.45, 7) is 0.947. The molecule has 1 aromatic carbocycles. The number of carbonyl (C=O) groups is 1. The van der Waals surface area contributed by atoms with Crippen LogP contribution in [-0.2, 0) is 0 Å². The highest BCUT2D eigenvalue weighted by Gasteiger charge is 2.29. The lowest BCUT2D eigenvalue weighted by molar-refractivity contribution is 0.155.